The second-order valence-electron chi connectivity index (χ2n) is 5.37. The molecule has 3 aromatic rings. The van der Waals surface area contributed by atoms with Crippen molar-refractivity contribution in [3.8, 4) is 5.75 Å². The van der Waals surface area contributed by atoms with Gasteiger partial charge in [0, 0.05) is 10.8 Å². The number of thioether (sulfide) groups is 1. The molecule has 0 spiro atoms. The second-order valence-corrected chi connectivity index (χ2v) is 8.06. The highest BCUT2D eigenvalue weighted by molar-refractivity contribution is 8.00. The Kier molecular flexibility index (Phi) is 5.51. The molecule has 2 aromatic carbocycles. The number of esters is 1. The fourth-order valence-corrected chi connectivity index (χ4v) is 4.70. The van der Waals surface area contributed by atoms with E-state index < -0.39 is 5.97 Å². The number of hydrogen-bond donors (Lipinski definition) is 0. The van der Waals surface area contributed by atoms with E-state index in [4.69, 9.17) is 21.1 Å². The number of nitrogens with zero attached hydrogens (tertiary/aromatic N) is 1. The molecular weight excluding hydrogens is 378 g/mol. The standard InChI is InChI=1S/C18H16ClNO3S2/c1-10-6-11(7-13(16(10)22-2)17(21)23-3)9-24-18-20-14-8-12(19)4-5-15(14)25-18/h4-8H,9H2,1-3H3. The molecule has 0 amide bonds. The van der Waals surface area contributed by atoms with Crippen LogP contribution in [-0.4, -0.2) is 25.2 Å². The molecule has 0 saturated heterocycles. The molecule has 0 fully saturated rings. The molecule has 0 unspecified atom stereocenters. The number of hydrogen-bond acceptors (Lipinski definition) is 6. The van der Waals surface area contributed by atoms with Gasteiger partial charge in [0.05, 0.1) is 24.4 Å². The third-order valence-corrected chi connectivity index (χ3v) is 6.12. The number of aryl methyl sites for hydroxylation is 1. The zero-order valence-electron chi connectivity index (χ0n) is 14.0. The first-order valence-electron chi connectivity index (χ1n) is 7.46. The van der Waals surface area contributed by atoms with E-state index in [2.05, 4.69) is 4.98 Å². The van der Waals surface area contributed by atoms with Crippen LogP contribution in [0.4, 0.5) is 0 Å². The van der Waals surface area contributed by atoms with Crippen LogP contribution in [0.5, 0.6) is 5.75 Å². The zero-order valence-corrected chi connectivity index (χ0v) is 16.3. The van der Waals surface area contributed by atoms with E-state index in [1.54, 1.807) is 30.2 Å². The largest absolute Gasteiger partial charge is 0.496 e. The van der Waals surface area contributed by atoms with Crippen LogP contribution >= 0.6 is 34.7 Å². The van der Waals surface area contributed by atoms with Crippen molar-refractivity contribution in [1.29, 1.82) is 0 Å². The minimum Gasteiger partial charge on any atom is -0.496 e. The smallest absolute Gasteiger partial charge is 0.341 e. The molecule has 0 aliphatic carbocycles. The first-order chi connectivity index (χ1) is 12.0. The first-order valence-corrected chi connectivity index (χ1v) is 9.64. The molecule has 0 bridgehead atoms. The fraction of sp³-hybridized carbons (Fsp3) is 0.222. The van der Waals surface area contributed by atoms with Gasteiger partial charge in [0.15, 0.2) is 4.34 Å². The predicted molar refractivity (Wildman–Crippen MR) is 103 cm³/mol. The number of carbonyl (C=O) groups excluding carboxylic acids is 1. The maximum atomic E-state index is 12.0. The molecule has 4 nitrogen and oxygen atoms in total. The summed E-state index contributed by atoms with van der Waals surface area (Å²) in [4.78, 5) is 16.6. The highest BCUT2D eigenvalue weighted by Gasteiger charge is 2.17. The van der Waals surface area contributed by atoms with Crippen molar-refractivity contribution in [2.24, 2.45) is 0 Å². The fourth-order valence-electron chi connectivity index (χ4n) is 2.55. The maximum absolute atomic E-state index is 12.0. The van der Waals surface area contributed by atoms with Crippen LogP contribution in [0.3, 0.4) is 0 Å². The van der Waals surface area contributed by atoms with Gasteiger partial charge in [-0.1, -0.05) is 29.4 Å². The maximum Gasteiger partial charge on any atom is 0.341 e. The molecule has 0 saturated carbocycles. The van der Waals surface area contributed by atoms with E-state index >= 15 is 0 Å². The number of rotatable bonds is 5. The lowest BCUT2D eigenvalue weighted by Crippen LogP contribution is -2.06. The van der Waals surface area contributed by atoms with Gasteiger partial charge in [0.1, 0.15) is 11.3 Å². The SMILES string of the molecule is COC(=O)c1cc(CSc2nc3cc(Cl)ccc3s2)cc(C)c1OC. The van der Waals surface area contributed by atoms with Crippen LogP contribution in [0.2, 0.25) is 5.02 Å². The number of methoxy groups -OCH3 is 2. The Morgan fingerprint density at radius 1 is 1.28 bits per heavy atom. The topological polar surface area (TPSA) is 48.4 Å². The summed E-state index contributed by atoms with van der Waals surface area (Å²) in [5.74, 6) is 0.846. The van der Waals surface area contributed by atoms with E-state index in [0.29, 0.717) is 22.1 Å². The van der Waals surface area contributed by atoms with E-state index in [0.717, 1.165) is 25.7 Å². The van der Waals surface area contributed by atoms with Crippen molar-refractivity contribution in [2.75, 3.05) is 14.2 Å². The molecule has 0 N–H and O–H groups in total. The monoisotopic (exact) mass is 393 g/mol. The quantitative estimate of drug-likeness (QED) is 0.432. The molecule has 7 heteroatoms. The van der Waals surface area contributed by atoms with Crippen molar-refractivity contribution in [1.82, 2.24) is 4.98 Å². The number of benzene rings is 2. The summed E-state index contributed by atoms with van der Waals surface area (Å²) in [6.45, 7) is 1.92. The van der Waals surface area contributed by atoms with Gasteiger partial charge in [0.25, 0.3) is 0 Å². The molecule has 0 aliphatic rings. The van der Waals surface area contributed by atoms with Crippen LogP contribution in [0, 0.1) is 6.92 Å². The van der Waals surface area contributed by atoms with Gasteiger partial charge in [-0.25, -0.2) is 9.78 Å². The lowest BCUT2D eigenvalue weighted by Gasteiger charge is -2.12. The average Bonchev–Trinajstić information content (AvgIpc) is 3.00. The van der Waals surface area contributed by atoms with Crippen molar-refractivity contribution in [3.05, 3.63) is 52.0 Å². The first kappa shape index (κ1) is 18.0. The molecule has 1 heterocycles. The van der Waals surface area contributed by atoms with Crippen molar-refractivity contribution in [3.63, 3.8) is 0 Å². The minimum absolute atomic E-state index is 0.401. The molecule has 1 aromatic heterocycles. The van der Waals surface area contributed by atoms with Gasteiger partial charge < -0.3 is 9.47 Å². The predicted octanol–water partition coefficient (Wildman–Crippen LogP) is 5.35. The molecule has 0 aliphatic heterocycles. The number of carbonyl (C=O) groups is 1. The summed E-state index contributed by atoms with van der Waals surface area (Å²) >= 11 is 9.27. The highest BCUT2D eigenvalue weighted by atomic mass is 35.5. The lowest BCUT2D eigenvalue weighted by molar-refractivity contribution is 0.0597. The summed E-state index contributed by atoms with van der Waals surface area (Å²) in [6, 6.07) is 9.54. The Hall–Kier alpha value is -1.76. The zero-order chi connectivity index (χ0) is 18.0. The Bertz CT molecular complexity index is 939. The number of fused-ring (bicyclic) bond motifs is 1. The van der Waals surface area contributed by atoms with Crippen LogP contribution in [0.1, 0.15) is 21.5 Å². The normalized spacial score (nSPS) is 10.9. The third-order valence-electron chi connectivity index (χ3n) is 3.64. The van der Waals surface area contributed by atoms with Gasteiger partial charge in [-0.05, 0) is 42.3 Å². The number of thiazole rings is 1. The molecule has 25 heavy (non-hydrogen) atoms. The summed E-state index contributed by atoms with van der Waals surface area (Å²) in [6.07, 6.45) is 0. The van der Waals surface area contributed by atoms with Crippen molar-refractivity contribution < 1.29 is 14.3 Å². The van der Waals surface area contributed by atoms with Gasteiger partial charge >= 0.3 is 5.97 Å². The molecule has 3 rings (SSSR count). The Morgan fingerprint density at radius 2 is 2.08 bits per heavy atom. The third kappa shape index (κ3) is 3.92. The van der Waals surface area contributed by atoms with Crippen LogP contribution in [0.25, 0.3) is 10.2 Å². The number of ether oxygens (including phenoxy) is 2. The van der Waals surface area contributed by atoms with Gasteiger partial charge in [-0.3, -0.25) is 0 Å². The van der Waals surface area contributed by atoms with E-state index in [1.165, 1.54) is 7.11 Å². The average molecular weight is 394 g/mol. The molecular formula is C18H16ClNO3S2. The van der Waals surface area contributed by atoms with E-state index in [9.17, 15) is 4.79 Å². The lowest BCUT2D eigenvalue weighted by atomic mass is 10.1. The number of halogens is 1. The molecule has 0 radical (unpaired) electrons. The second kappa shape index (κ2) is 7.64. The van der Waals surface area contributed by atoms with Gasteiger partial charge in [0.2, 0.25) is 0 Å². The van der Waals surface area contributed by atoms with Crippen molar-refractivity contribution in [2.45, 2.75) is 17.0 Å². The minimum atomic E-state index is -0.401. The Morgan fingerprint density at radius 3 is 2.80 bits per heavy atom. The van der Waals surface area contributed by atoms with Crippen LogP contribution in [-0.2, 0) is 10.5 Å². The highest BCUT2D eigenvalue weighted by Crippen LogP contribution is 2.34. The van der Waals surface area contributed by atoms with Gasteiger partial charge in [-0.15, -0.1) is 11.3 Å². The van der Waals surface area contributed by atoms with E-state index in [1.807, 2.05) is 37.3 Å². The summed E-state index contributed by atoms with van der Waals surface area (Å²) in [5.41, 5.74) is 3.26. The summed E-state index contributed by atoms with van der Waals surface area (Å²) in [5, 5.41) is 0.683. The Balaban J connectivity index is 1.84. The molecule has 0 atom stereocenters. The summed E-state index contributed by atoms with van der Waals surface area (Å²) in [7, 11) is 2.92. The molecule has 130 valence electrons. The van der Waals surface area contributed by atoms with Gasteiger partial charge in [-0.2, -0.15) is 0 Å². The Labute approximate surface area is 159 Å². The van der Waals surface area contributed by atoms with Crippen LogP contribution in [0.15, 0.2) is 34.7 Å². The van der Waals surface area contributed by atoms with Crippen molar-refractivity contribution >= 4 is 50.9 Å². The van der Waals surface area contributed by atoms with Crippen LogP contribution < -0.4 is 4.74 Å². The van der Waals surface area contributed by atoms with E-state index in [-0.39, 0.29) is 0 Å². The summed E-state index contributed by atoms with van der Waals surface area (Å²) < 4.78 is 12.3. The number of aromatic nitrogens is 1.